The lowest BCUT2D eigenvalue weighted by Gasteiger charge is -2.09. The Morgan fingerprint density at radius 2 is 2.33 bits per heavy atom. The summed E-state index contributed by atoms with van der Waals surface area (Å²) in [5, 5.41) is 3.56. The molecule has 0 saturated carbocycles. The highest BCUT2D eigenvalue weighted by Gasteiger charge is 2.22. The number of nitrogens with zero attached hydrogens (tertiary/aromatic N) is 2. The van der Waals surface area contributed by atoms with E-state index in [-0.39, 0.29) is 5.91 Å². The zero-order valence-electron chi connectivity index (χ0n) is 13.1. The molecular weight excluding hydrogens is 362 g/mol. The fraction of sp³-hybridized carbons (Fsp3) is 0.188. The molecular formula is C16H15N3O2S3. The average Bonchev–Trinajstić information content (AvgIpc) is 3.10. The van der Waals surface area contributed by atoms with E-state index in [0.29, 0.717) is 9.23 Å². The van der Waals surface area contributed by atoms with Gasteiger partial charge >= 0.3 is 0 Å². The second kappa shape index (κ2) is 7.42. The van der Waals surface area contributed by atoms with Crippen LogP contribution in [-0.4, -0.2) is 26.9 Å². The van der Waals surface area contributed by atoms with Crippen LogP contribution in [-0.2, 0) is 17.6 Å². The molecule has 1 saturated heterocycles. The summed E-state index contributed by atoms with van der Waals surface area (Å²) in [5.41, 5.74) is 1.99. The molecule has 3 rings (SSSR count). The van der Waals surface area contributed by atoms with Crippen LogP contribution < -0.4 is 10.1 Å². The van der Waals surface area contributed by atoms with Crippen molar-refractivity contribution in [3.05, 3.63) is 46.6 Å². The van der Waals surface area contributed by atoms with Crippen molar-refractivity contribution in [2.75, 3.05) is 7.11 Å². The highest BCUT2D eigenvalue weighted by Crippen LogP contribution is 2.30. The zero-order chi connectivity index (χ0) is 17.1. The third-order valence-electron chi connectivity index (χ3n) is 3.38. The van der Waals surface area contributed by atoms with Crippen LogP contribution >= 0.6 is 35.7 Å². The van der Waals surface area contributed by atoms with E-state index >= 15 is 0 Å². The third kappa shape index (κ3) is 3.82. The first kappa shape index (κ1) is 17.1. The minimum Gasteiger partial charge on any atom is -0.496 e. The van der Waals surface area contributed by atoms with Gasteiger partial charge in [0.25, 0.3) is 5.91 Å². The number of thioether (sulfide) groups is 2. The number of benzene rings is 1. The maximum absolute atomic E-state index is 11.8. The smallest absolute Gasteiger partial charge is 0.263 e. The molecule has 0 unspecified atom stereocenters. The number of hydrogen-bond acceptors (Lipinski definition) is 6. The molecule has 1 aliphatic heterocycles. The summed E-state index contributed by atoms with van der Waals surface area (Å²) in [6, 6.07) is 5.86. The van der Waals surface area contributed by atoms with E-state index in [1.165, 1.54) is 11.8 Å². The number of thiocarbonyl (C=S) groups is 1. The lowest BCUT2D eigenvalue weighted by atomic mass is 10.1. The van der Waals surface area contributed by atoms with E-state index in [0.717, 1.165) is 27.8 Å². The van der Waals surface area contributed by atoms with Gasteiger partial charge in [0.2, 0.25) is 0 Å². The first-order chi connectivity index (χ1) is 11.6. The van der Waals surface area contributed by atoms with Gasteiger partial charge in [-0.05, 0) is 23.8 Å². The molecule has 1 aromatic carbocycles. The predicted molar refractivity (Wildman–Crippen MR) is 102 cm³/mol. The number of hydrogen-bond donors (Lipinski definition) is 1. The van der Waals surface area contributed by atoms with Crippen LogP contribution in [0.25, 0.3) is 6.08 Å². The SMILES string of the molecule is COc1ccc(C=C2SC(=S)NC2=O)cc1CSc1nccn1C. The number of imidazole rings is 1. The number of nitrogens with one attached hydrogen (secondary N) is 1. The first-order valence-electron chi connectivity index (χ1n) is 7.08. The molecule has 8 heteroatoms. The summed E-state index contributed by atoms with van der Waals surface area (Å²) < 4.78 is 7.91. The van der Waals surface area contributed by atoms with Crippen molar-refractivity contribution in [2.24, 2.45) is 7.05 Å². The lowest BCUT2D eigenvalue weighted by molar-refractivity contribution is -0.115. The van der Waals surface area contributed by atoms with Crippen LogP contribution in [0.3, 0.4) is 0 Å². The normalized spacial score (nSPS) is 15.8. The van der Waals surface area contributed by atoms with Crippen LogP contribution in [0.5, 0.6) is 5.75 Å². The Balaban J connectivity index is 1.83. The molecule has 24 heavy (non-hydrogen) atoms. The van der Waals surface area contributed by atoms with E-state index in [2.05, 4.69) is 10.3 Å². The molecule has 1 N–H and O–H groups in total. The highest BCUT2D eigenvalue weighted by atomic mass is 32.2. The number of ether oxygens (including phenoxy) is 1. The second-order valence-electron chi connectivity index (χ2n) is 5.03. The number of carbonyl (C=O) groups is 1. The fourth-order valence-electron chi connectivity index (χ4n) is 2.21. The molecule has 0 aliphatic carbocycles. The van der Waals surface area contributed by atoms with Gasteiger partial charge in [-0.1, -0.05) is 41.8 Å². The molecule has 1 amide bonds. The van der Waals surface area contributed by atoms with Gasteiger partial charge in [-0.25, -0.2) is 4.98 Å². The van der Waals surface area contributed by atoms with Gasteiger partial charge in [-0.15, -0.1) is 0 Å². The van der Waals surface area contributed by atoms with Crippen LogP contribution in [0.4, 0.5) is 0 Å². The molecule has 0 spiro atoms. The molecule has 1 aliphatic rings. The van der Waals surface area contributed by atoms with Crippen molar-refractivity contribution in [3.8, 4) is 5.75 Å². The van der Waals surface area contributed by atoms with Crippen molar-refractivity contribution >= 4 is 52.0 Å². The maximum atomic E-state index is 11.8. The Morgan fingerprint density at radius 1 is 1.50 bits per heavy atom. The molecule has 0 bridgehead atoms. The third-order valence-corrected chi connectivity index (χ3v) is 5.65. The summed E-state index contributed by atoms with van der Waals surface area (Å²) in [6.45, 7) is 0. The van der Waals surface area contributed by atoms with Gasteiger partial charge < -0.3 is 14.6 Å². The van der Waals surface area contributed by atoms with Gasteiger partial charge in [-0.3, -0.25) is 4.79 Å². The monoisotopic (exact) mass is 377 g/mol. The number of methoxy groups -OCH3 is 1. The van der Waals surface area contributed by atoms with Gasteiger partial charge in [0.1, 0.15) is 10.1 Å². The summed E-state index contributed by atoms with van der Waals surface area (Å²) in [6.07, 6.45) is 5.53. The van der Waals surface area contributed by atoms with Crippen molar-refractivity contribution < 1.29 is 9.53 Å². The summed E-state index contributed by atoms with van der Waals surface area (Å²) in [4.78, 5) is 16.7. The fourth-order valence-corrected chi connectivity index (χ4v) is 4.16. The average molecular weight is 378 g/mol. The maximum Gasteiger partial charge on any atom is 0.263 e. The van der Waals surface area contributed by atoms with E-state index in [4.69, 9.17) is 17.0 Å². The quantitative estimate of drug-likeness (QED) is 0.491. The van der Waals surface area contributed by atoms with Gasteiger partial charge in [0.15, 0.2) is 5.16 Å². The summed E-state index contributed by atoms with van der Waals surface area (Å²) in [5.74, 6) is 1.39. The van der Waals surface area contributed by atoms with Crippen molar-refractivity contribution in [1.29, 1.82) is 0 Å². The van der Waals surface area contributed by atoms with Gasteiger partial charge in [0, 0.05) is 30.8 Å². The Hall–Kier alpha value is -1.77. The van der Waals surface area contributed by atoms with Crippen LogP contribution in [0.15, 0.2) is 40.7 Å². The van der Waals surface area contributed by atoms with Crippen molar-refractivity contribution in [1.82, 2.24) is 14.9 Å². The lowest BCUT2D eigenvalue weighted by Crippen LogP contribution is -2.17. The zero-order valence-corrected chi connectivity index (χ0v) is 15.6. The van der Waals surface area contributed by atoms with Crippen molar-refractivity contribution in [2.45, 2.75) is 10.9 Å². The van der Waals surface area contributed by atoms with E-state index in [1.807, 2.05) is 42.1 Å². The Kier molecular flexibility index (Phi) is 5.27. The minimum atomic E-state index is -0.148. The number of aryl methyl sites for hydroxylation is 1. The van der Waals surface area contributed by atoms with Gasteiger partial charge in [0.05, 0.1) is 12.0 Å². The Labute approximate surface area is 153 Å². The number of rotatable bonds is 5. The molecule has 1 aromatic heterocycles. The minimum absolute atomic E-state index is 0.148. The predicted octanol–water partition coefficient (Wildman–Crippen LogP) is 3.21. The number of carbonyl (C=O) groups excluding carboxylic acids is 1. The number of amides is 1. The first-order valence-corrected chi connectivity index (χ1v) is 9.30. The van der Waals surface area contributed by atoms with Gasteiger partial charge in [-0.2, -0.15) is 0 Å². The molecule has 1 fully saturated rings. The highest BCUT2D eigenvalue weighted by molar-refractivity contribution is 8.26. The standard InChI is InChI=1S/C16H15N3O2S3/c1-19-6-5-17-15(19)23-9-11-7-10(3-4-12(11)21-2)8-13-14(20)18-16(22)24-13/h3-8H,9H2,1-2H3,(H,18,20,22). The van der Waals surface area contributed by atoms with Crippen LogP contribution in [0.2, 0.25) is 0 Å². The molecule has 0 radical (unpaired) electrons. The molecule has 5 nitrogen and oxygen atoms in total. The molecule has 0 atom stereocenters. The molecule has 2 aromatic rings. The van der Waals surface area contributed by atoms with Crippen LogP contribution in [0, 0.1) is 0 Å². The van der Waals surface area contributed by atoms with E-state index < -0.39 is 0 Å². The Morgan fingerprint density at radius 3 is 2.96 bits per heavy atom. The molecule has 124 valence electrons. The van der Waals surface area contributed by atoms with Crippen molar-refractivity contribution in [3.63, 3.8) is 0 Å². The van der Waals surface area contributed by atoms with Crippen LogP contribution in [0.1, 0.15) is 11.1 Å². The topological polar surface area (TPSA) is 56.1 Å². The Bertz CT molecular complexity index is 830. The summed E-state index contributed by atoms with van der Waals surface area (Å²) in [7, 11) is 3.62. The summed E-state index contributed by atoms with van der Waals surface area (Å²) >= 11 is 7.93. The van der Waals surface area contributed by atoms with E-state index in [9.17, 15) is 4.79 Å². The molecule has 2 heterocycles. The largest absolute Gasteiger partial charge is 0.496 e. The van der Waals surface area contributed by atoms with E-state index in [1.54, 1.807) is 25.1 Å². The second-order valence-corrected chi connectivity index (χ2v) is 7.69. The number of aromatic nitrogens is 2.